The van der Waals surface area contributed by atoms with Gasteiger partial charge in [0.15, 0.2) is 0 Å². The summed E-state index contributed by atoms with van der Waals surface area (Å²) < 4.78 is 5.38. The first-order chi connectivity index (χ1) is 13.8. The zero-order chi connectivity index (χ0) is 19.2. The molecule has 5 heteroatoms. The second-order valence-electron chi connectivity index (χ2n) is 6.75. The SMILES string of the molecule is O=C(Nc1ccc(N2CCOCC2)nc1)C(c1ccccc1)c1ccccc1. The number of hydrogen-bond acceptors (Lipinski definition) is 4. The van der Waals surface area contributed by atoms with E-state index in [0.717, 1.165) is 43.2 Å². The van der Waals surface area contributed by atoms with Crippen molar-refractivity contribution in [3.05, 3.63) is 90.1 Å². The predicted octanol–water partition coefficient (Wildman–Crippen LogP) is 3.69. The van der Waals surface area contributed by atoms with Crippen molar-refractivity contribution in [3.63, 3.8) is 0 Å². The van der Waals surface area contributed by atoms with Gasteiger partial charge in [-0.15, -0.1) is 0 Å². The molecule has 142 valence electrons. The Bertz CT molecular complexity index is 853. The lowest BCUT2D eigenvalue weighted by Gasteiger charge is -2.27. The molecule has 1 aliphatic rings. The monoisotopic (exact) mass is 373 g/mol. The van der Waals surface area contributed by atoms with Crippen molar-refractivity contribution in [2.24, 2.45) is 0 Å². The van der Waals surface area contributed by atoms with Crippen molar-refractivity contribution in [1.82, 2.24) is 4.98 Å². The first-order valence-corrected chi connectivity index (χ1v) is 9.51. The van der Waals surface area contributed by atoms with Crippen molar-refractivity contribution in [2.45, 2.75) is 5.92 Å². The average molecular weight is 373 g/mol. The van der Waals surface area contributed by atoms with E-state index in [4.69, 9.17) is 4.74 Å². The third kappa shape index (κ3) is 4.21. The van der Waals surface area contributed by atoms with Gasteiger partial charge in [-0.05, 0) is 23.3 Å². The molecule has 1 fully saturated rings. The minimum atomic E-state index is -0.374. The molecule has 0 spiro atoms. The largest absolute Gasteiger partial charge is 0.378 e. The molecule has 0 atom stereocenters. The Morgan fingerprint density at radius 2 is 1.50 bits per heavy atom. The van der Waals surface area contributed by atoms with Crippen LogP contribution in [0.2, 0.25) is 0 Å². The first-order valence-electron chi connectivity index (χ1n) is 9.51. The van der Waals surface area contributed by atoms with Crippen LogP contribution in [-0.2, 0) is 9.53 Å². The van der Waals surface area contributed by atoms with Gasteiger partial charge in [0.05, 0.1) is 31.0 Å². The Labute approximate surface area is 165 Å². The van der Waals surface area contributed by atoms with Gasteiger partial charge >= 0.3 is 0 Å². The molecule has 1 saturated heterocycles. The zero-order valence-corrected chi connectivity index (χ0v) is 15.6. The number of hydrogen-bond donors (Lipinski definition) is 1. The molecule has 0 radical (unpaired) electrons. The predicted molar refractivity (Wildman–Crippen MR) is 111 cm³/mol. The maximum Gasteiger partial charge on any atom is 0.236 e. The molecule has 0 aliphatic carbocycles. The number of anilines is 2. The van der Waals surface area contributed by atoms with Gasteiger partial charge in [-0.2, -0.15) is 0 Å². The fourth-order valence-electron chi connectivity index (χ4n) is 3.44. The van der Waals surface area contributed by atoms with Crippen LogP contribution in [-0.4, -0.2) is 37.2 Å². The molecule has 0 bridgehead atoms. The van der Waals surface area contributed by atoms with Gasteiger partial charge in [0, 0.05) is 13.1 Å². The fraction of sp³-hybridized carbons (Fsp3) is 0.217. The van der Waals surface area contributed by atoms with Crippen molar-refractivity contribution in [1.29, 1.82) is 0 Å². The molecule has 2 heterocycles. The smallest absolute Gasteiger partial charge is 0.236 e. The lowest BCUT2D eigenvalue weighted by atomic mass is 9.90. The molecule has 0 unspecified atom stereocenters. The zero-order valence-electron chi connectivity index (χ0n) is 15.6. The maximum absolute atomic E-state index is 13.1. The summed E-state index contributed by atoms with van der Waals surface area (Å²) in [7, 11) is 0. The second kappa shape index (κ2) is 8.67. The van der Waals surface area contributed by atoms with Gasteiger partial charge in [-0.3, -0.25) is 4.79 Å². The Morgan fingerprint density at radius 1 is 0.893 bits per heavy atom. The summed E-state index contributed by atoms with van der Waals surface area (Å²) in [5, 5.41) is 3.02. The van der Waals surface area contributed by atoms with Crippen LogP contribution in [0, 0.1) is 0 Å². The minimum absolute atomic E-state index is 0.0710. The minimum Gasteiger partial charge on any atom is -0.378 e. The summed E-state index contributed by atoms with van der Waals surface area (Å²) >= 11 is 0. The Morgan fingerprint density at radius 3 is 2.04 bits per heavy atom. The van der Waals surface area contributed by atoms with E-state index >= 15 is 0 Å². The summed E-state index contributed by atoms with van der Waals surface area (Å²) in [5.41, 5.74) is 2.62. The number of nitrogens with one attached hydrogen (secondary N) is 1. The molecule has 1 amide bonds. The first kappa shape index (κ1) is 18.2. The number of pyridine rings is 1. The van der Waals surface area contributed by atoms with E-state index in [9.17, 15) is 4.79 Å². The van der Waals surface area contributed by atoms with E-state index in [2.05, 4.69) is 15.2 Å². The molecule has 0 saturated carbocycles. The Kier molecular flexibility index (Phi) is 5.64. The van der Waals surface area contributed by atoms with Crippen molar-refractivity contribution < 1.29 is 9.53 Å². The van der Waals surface area contributed by atoms with Crippen LogP contribution < -0.4 is 10.2 Å². The summed E-state index contributed by atoms with van der Waals surface area (Å²) in [6.45, 7) is 3.11. The normalized spacial score (nSPS) is 14.1. The second-order valence-corrected chi connectivity index (χ2v) is 6.75. The number of aromatic nitrogens is 1. The van der Waals surface area contributed by atoms with E-state index in [0.29, 0.717) is 5.69 Å². The van der Waals surface area contributed by atoms with Gasteiger partial charge in [-0.25, -0.2) is 4.98 Å². The van der Waals surface area contributed by atoms with Crippen LogP contribution in [0.4, 0.5) is 11.5 Å². The van der Waals surface area contributed by atoms with Crippen LogP contribution >= 0.6 is 0 Å². The molecular formula is C23H23N3O2. The summed E-state index contributed by atoms with van der Waals surface area (Å²) in [6, 6.07) is 23.5. The van der Waals surface area contributed by atoms with Crippen LogP contribution in [0.5, 0.6) is 0 Å². The quantitative estimate of drug-likeness (QED) is 0.741. The highest BCUT2D eigenvalue weighted by molar-refractivity contribution is 5.98. The van der Waals surface area contributed by atoms with E-state index in [-0.39, 0.29) is 11.8 Å². The van der Waals surface area contributed by atoms with Gasteiger partial charge in [0.25, 0.3) is 0 Å². The number of nitrogens with zero attached hydrogens (tertiary/aromatic N) is 2. The number of rotatable bonds is 5. The van der Waals surface area contributed by atoms with E-state index in [1.165, 1.54) is 0 Å². The van der Waals surface area contributed by atoms with Crippen molar-refractivity contribution in [2.75, 3.05) is 36.5 Å². The average Bonchev–Trinajstić information content (AvgIpc) is 2.77. The van der Waals surface area contributed by atoms with Crippen LogP contribution in [0.25, 0.3) is 0 Å². The van der Waals surface area contributed by atoms with E-state index < -0.39 is 0 Å². The van der Waals surface area contributed by atoms with E-state index in [1.54, 1.807) is 6.20 Å². The maximum atomic E-state index is 13.1. The Balaban J connectivity index is 1.53. The summed E-state index contributed by atoms with van der Waals surface area (Å²) in [6.07, 6.45) is 1.72. The number of carbonyl (C=O) groups is 1. The number of amides is 1. The third-order valence-electron chi connectivity index (χ3n) is 4.88. The third-order valence-corrected chi connectivity index (χ3v) is 4.88. The number of morpholine rings is 1. The molecule has 3 aromatic rings. The highest BCUT2D eigenvalue weighted by Crippen LogP contribution is 2.26. The topological polar surface area (TPSA) is 54.5 Å². The van der Waals surface area contributed by atoms with Gasteiger partial charge in [0.1, 0.15) is 5.82 Å². The summed E-state index contributed by atoms with van der Waals surface area (Å²) in [5.74, 6) is 0.462. The van der Waals surface area contributed by atoms with Crippen molar-refractivity contribution in [3.8, 4) is 0 Å². The molecule has 5 nitrogen and oxygen atoms in total. The number of carbonyl (C=O) groups excluding carboxylic acids is 1. The standard InChI is InChI=1S/C23H23N3O2/c27-23(22(18-7-3-1-4-8-18)19-9-5-2-6-10-19)25-20-11-12-21(24-17-20)26-13-15-28-16-14-26/h1-12,17,22H,13-16H2,(H,25,27). The van der Waals surface area contributed by atoms with E-state index in [1.807, 2.05) is 72.8 Å². The molecule has 2 aromatic carbocycles. The lowest BCUT2D eigenvalue weighted by molar-refractivity contribution is -0.116. The molecule has 1 N–H and O–H groups in total. The molecule has 1 aromatic heterocycles. The lowest BCUT2D eigenvalue weighted by Crippen LogP contribution is -2.36. The molecular weight excluding hydrogens is 350 g/mol. The molecule has 1 aliphatic heterocycles. The Hall–Kier alpha value is -3.18. The van der Waals surface area contributed by atoms with Gasteiger partial charge in [0.2, 0.25) is 5.91 Å². The van der Waals surface area contributed by atoms with Crippen LogP contribution in [0.15, 0.2) is 79.0 Å². The fourth-order valence-corrected chi connectivity index (χ4v) is 3.44. The molecule has 28 heavy (non-hydrogen) atoms. The number of ether oxygens (including phenoxy) is 1. The summed E-state index contributed by atoms with van der Waals surface area (Å²) in [4.78, 5) is 19.8. The van der Waals surface area contributed by atoms with Crippen molar-refractivity contribution >= 4 is 17.4 Å². The highest BCUT2D eigenvalue weighted by Gasteiger charge is 2.23. The highest BCUT2D eigenvalue weighted by atomic mass is 16.5. The van der Waals surface area contributed by atoms with Gasteiger partial charge < -0.3 is 15.0 Å². The van der Waals surface area contributed by atoms with Crippen LogP contribution in [0.1, 0.15) is 17.0 Å². The van der Waals surface area contributed by atoms with Crippen LogP contribution in [0.3, 0.4) is 0 Å². The molecule has 4 rings (SSSR count). The number of benzene rings is 2. The van der Waals surface area contributed by atoms with Gasteiger partial charge in [-0.1, -0.05) is 60.7 Å².